The highest BCUT2D eigenvalue weighted by atomic mass is 19.1. The number of methoxy groups -OCH3 is 1. The van der Waals surface area contributed by atoms with Crippen LogP contribution in [0.2, 0.25) is 0 Å². The molecule has 0 saturated carbocycles. The van der Waals surface area contributed by atoms with Crippen LogP contribution in [0.25, 0.3) is 11.1 Å². The Kier molecular flexibility index (Phi) is 9.50. The second-order valence-electron chi connectivity index (χ2n) is 9.99. The fraction of sp³-hybridized carbons (Fsp3) is 0.400. The monoisotopic (exact) mass is 508 g/mol. The van der Waals surface area contributed by atoms with E-state index in [2.05, 4.69) is 20.8 Å². The van der Waals surface area contributed by atoms with Crippen molar-refractivity contribution in [3.05, 3.63) is 71.8 Å². The van der Waals surface area contributed by atoms with Crippen LogP contribution in [0.15, 0.2) is 54.6 Å². The first kappa shape index (κ1) is 28.0. The summed E-state index contributed by atoms with van der Waals surface area (Å²) in [5.74, 6) is 0.678. The van der Waals surface area contributed by atoms with Crippen LogP contribution in [0, 0.1) is 11.2 Å². The lowest BCUT2D eigenvalue weighted by Crippen LogP contribution is -2.30. The van der Waals surface area contributed by atoms with Gasteiger partial charge in [0.05, 0.1) is 19.4 Å². The maximum Gasteiger partial charge on any atom is 0.325 e. The molecule has 0 fully saturated rings. The Morgan fingerprint density at radius 2 is 1.78 bits per heavy atom. The van der Waals surface area contributed by atoms with Gasteiger partial charge in [-0.15, -0.1) is 0 Å². The first-order valence-corrected chi connectivity index (χ1v) is 12.6. The van der Waals surface area contributed by atoms with Crippen LogP contribution in [-0.2, 0) is 22.6 Å². The van der Waals surface area contributed by atoms with Gasteiger partial charge in [0, 0.05) is 35.1 Å². The third-order valence-electron chi connectivity index (χ3n) is 5.77. The predicted octanol–water partition coefficient (Wildman–Crippen LogP) is 6.45. The SMILES string of the molecule is CCOC(=O)CN(CC)c1cccc(OCc2ccc(-c3cc(OC)ccc3F)c(CC(C)(C)C)n2)c1. The average molecular weight is 509 g/mol. The summed E-state index contributed by atoms with van der Waals surface area (Å²) >= 11 is 0. The molecule has 0 unspecified atom stereocenters. The number of pyridine rings is 1. The van der Waals surface area contributed by atoms with Gasteiger partial charge in [-0.2, -0.15) is 0 Å². The molecule has 0 spiro atoms. The number of nitrogens with zero attached hydrogens (tertiary/aromatic N) is 2. The summed E-state index contributed by atoms with van der Waals surface area (Å²) in [4.78, 5) is 18.8. The van der Waals surface area contributed by atoms with E-state index in [0.717, 1.165) is 22.6 Å². The number of anilines is 1. The maximum absolute atomic E-state index is 14.8. The topological polar surface area (TPSA) is 60.9 Å². The molecule has 0 N–H and O–H groups in total. The second-order valence-corrected chi connectivity index (χ2v) is 9.99. The van der Waals surface area contributed by atoms with Gasteiger partial charge in [-0.1, -0.05) is 32.9 Å². The number of hydrogen-bond donors (Lipinski definition) is 0. The van der Waals surface area contributed by atoms with E-state index >= 15 is 0 Å². The van der Waals surface area contributed by atoms with Gasteiger partial charge in [0.15, 0.2) is 0 Å². The van der Waals surface area contributed by atoms with Gasteiger partial charge in [0.25, 0.3) is 0 Å². The van der Waals surface area contributed by atoms with Crippen molar-refractivity contribution in [1.82, 2.24) is 4.98 Å². The molecular formula is C30H37FN2O4. The van der Waals surface area contributed by atoms with Crippen molar-refractivity contribution in [3.8, 4) is 22.6 Å². The molecule has 198 valence electrons. The summed E-state index contributed by atoms with van der Waals surface area (Å²) in [6.45, 7) is 11.6. The van der Waals surface area contributed by atoms with E-state index in [-0.39, 0.29) is 30.4 Å². The molecule has 0 saturated heterocycles. The van der Waals surface area contributed by atoms with Crippen LogP contribution in [-0.4, -0.2) is 37.8 Å². The van der Waals surface area contributed by atoms with Crippen molar-refractivity contribution in [3.63, 3.8) is 0 Å². The van der Waals surface area contributed by atoms with Crippen molar-refractivity contribution < 1.29 is 23.4 Å². The van der Waals surface area contributed by atoms with Crippen molar-refractivity contribution in [1.29, 1.82) is 0 Å². The normalized spacial score (nSPS) is 11.2. The van der Waals surface area contributed by atoms with E-state index in [1.165, 1.54) is 6.07 Å². The molecule has 7 heteroatoms. The molecule has 0 aliphatic heterocycles. The molecule has 0 bridgehead atoms. The number of carbonyl (C=O) groups excluding carboxylic acids is 1. The van der Waals surface area contributed by atoms with Crippen molar-refractivity contribution >= 4 is 11.7 Å². The molecular weight excluding hydrogens is 471 g/mol. The lowest BCUT2D eigenvalue weighted by molar-refractivity contribution is -0.141. The van der Waals surface area contributed by atoms with Gasteiger partial charge in [-0.3, -0.25) is 9.78 Å². The van der Waals surface area contributed by atoms with E-state index in [4.69, 9.17) is 19.2 Å². The fourth-order valence-corrected chi connectivity index (χ4v) is 4.02. The Hall–Kier alpha value is -3.61. The Labute approximate surface area is 219 Å². The number of rotatable bonds is 11. The highest BCUT2D eigenvalue weighted by Crippen LogP contribution is 2.33. The minimum Gasteiger partial charge on any atom is -0.497 e. The van der Waals surface area contributed by atoms with Gasteiger partial charge in [0.2, 0.25) is 0 Å². The van der Waals surface area contributed by atoms with Gasteiger partial charge in [-0.25, -0.2) is 4.39 Å². The Morgan fingerprint density at radius 3 is 2.46 bits per heavy atom. The molecule has 6 nitrogen and oxygen atoms in total. The maximum atomic E-state index is 14.8. The number of benzene rings is 2. The van der Waals surface area contributed by atoms with E-state index in [9.17, 15) is 9.18 Å². The highest BCUT2D eigenvalue weighted by molar-refractivity contribution is 5.76. The van der Waals surface area contributed by atoms with Crippen molar-refractivity contribution in [2.24, 2.45) is 5.41 Å². The molecule has 1 aromatic heterocycles. The lowest BCUT2D eigenvalue weighted by atomic mass is 9.87. The summed E-state index contributed by atoms with van der Waals surface area (Å²) in [6, 6.07) is 16.1. The summed E-state index contributed by atoms with van der Waals surface area (Å²) in [7, 11) is 1.57. The molecule has 3 rings (SSSR count). The number of likely N-dealkylation sites (N-methyl/N-ethyl adjacent to an activating group) is 1. The van der Waals surface area contributed by atoms with Crippen LogP contribution in [0.1, 0.15) is 46.0 Å². The number of carbonyl (C=O) groups is 1. The standard InChI is InChI=1S/C30H37FN2O4/c1-7-33(19-29(34)36-8-2)22-10-9-11-24(16-22)37-20-21-12-14-25(28(32-21)18-30(3,4)5)26-17-23(35-6)13-15-27(26)31/h9-17H,7-8,18-20H2,1-6H3. The molecule has 37 heavy (non-hydrogen) atoms. The average Bonchev–Trinajstić information content (AvgIpc) is 2.86. The number of halogens is 1. The van der Waals surface area contributed by atoms with Crippen LogP contribution >= 0.6 is 0 Å². The summed E-state index contributed by atoms with van der Waals surface area (Å²) in [6.07, 6.45) is 0.668. The van der Waals surface area contributed by atoms with Gasteiger partial charge < -0.3 is 19.1 Å². The van der Waals surface area contributed by atoms with E-state index in [1.54, 1.807) is 26.2 Å². The predicted molar refractivity (Wildman–Crippen MR) is 145 cm³/mol. The number of hydrogen-bond acceptors (Lipinski definition) is 6. The first-order chi connectivity index (χ1) is 17.6. The molecule has 3 aromatic rings. The zero-order valence-corrected chi connectivity index (χ0v) is 22.6. The summed E-state index contributed by atoms with van der Waals surface area (Å²) in [5.41, 5.74) is 3.59. The van der Waals surface area contributed by atoms with Crippen LogP contribution < -0.4 is 14.4 Å². The van der Waals surface area contributed by atoms with Crippen LogP contribution in [0.3, 0.4) is 0 Å². The molecule has 0 aliphatic carbocycles. The fourth-order valence-electron chi connectivity index (χ4n) is 4.02. The van der Waals surface area contributed by atoms with Crippen LogP contribution in [0.4, 0.5) is 10.1 Å². The summed E-state index contributed by atoms with van der Waals surface area (Å²) < 4.78 is 31.3. The largest absolute Gasteiger partial charge is 0.497 e. The molecule has 0 amide bonds. The number of esters is 1. The smallest absolute Gasteiger partial charge is 0.325 e. The molecule has 0 atom stereocenters. The third kappa shape index (κ3) is 7.94. The quantitative estimate of drug-likeness (QED) is 0.277. The molecule has 1 heterocycles. The Balaban J connectivity index is 1.83. The van der Waals surface area contributed by atoms with Crippen LogP contribution in [0.5, 0.6) is 11.5 Å². The van der Waals surface area contributed by atoms with Crippen molar-refractivity contribution in [2.45, 2.75) is 47.6 Å². The van der Waals surface area contributed by atoms with E-state index in [0.29, 0.717) is 36.6 Å². The number of ether oxygens (including phenoxy) is 3. The van der Waals surface area contributed by atoms with Gasteiger partial charge >= 0.3 is 5.97 Å². The van der Waals surface area contributed by atoms with Crippen molar-refractivity contribution in [2.75, 3.05) is 31.7 Å². The molecule has 0 aliphatic rings. The molecule has 0 radical (unpaired) electrons. The highest BCUT2D eigenvalue weighted by Gasteiger charge is 2.19. The first-order valence-electron chi connectivity index (χ1n) is 12.6. The summed E-state index contributed by atoms with van der Waals surface area (Å²) in [5, 5.41) is 0. The van der Waals surface area contributed by atoms with E-state index < -0.39 is 0 Å². The minimum atomic E-state index is -0.318. The second kappa shape index (κ2) is 12.6. The number of aromatic nitrogens is 1. The van der Waals surface area contributed by atoms with E-state index in [1.807, 2.05) is 48.2 Å². The zero-order chi connectivity index (χ0) is 27.0. The lowest BCUT2D eigenvalue weighted by Gasteiger charge is -2.22. The van der Waals surface area contributed by atoms with Gasteiger partial charge in [-0.05, 0) is 62.1 Å². The third-order valence-corrected chi connectivity index (χ3v) is 5.77. The Bertz CT molecular complexity index is 1210. The van der Waals surface area contributed by atoms with Gasteiger partial charge in [0.1, 0.15) is 30.5 Å². The zero-order valence-electron chi connectivity index (χ0n) is 22.6. The molecule has 2 aromatic carbocycles. The minimum absolute atomic E-state index is 0.0482. The Morgan fingerprint density at radius 1 is 1.00 bits per heavy atom.